The number of aliphatic hydroxyl groups excluding tert-OH is 1. The Balaban J connectivity index is 1.74. The second kappa shape index (κ2) is 9.65. The van der Waals surface area contributed by atoms with E-state index in [9.17, 15) is 19.5 Å². The van der Waals surface area contributed by atoms with E-state index in [0.29, 0.717) is 28.3 Å². The molecule has 1 amide bonds. The second-order valence-electron chi connectivity index (χ2n) is 8.60. The van der Waals surface area contributed by atoms with Gasteiger partial charge in [-0.05, 0) is 54.1 Å². The molecule has 0 saturated heterocycles. The third kappa shape index (κ3) is 4.52. The Morgan fingerprint density at radius 2 is 1.82 bits per heavy atom. The van der Waals surface area contributed by atoms with E-state index in [4.69, 9.17) is 4.74 Å². The van der Waals surface area contributed by atoms with Crippen molar-refractivity contribution in [1.82, 2.24) is 0 Å². The van der Waals surface area contributed by atoms with E-state index < -0.39 is 23.7 Å². The Morgan fingerprint density at radius 1 is 1.09 bits per heavy atom. The van der Waals surface area contributed by atoms with Crippen molar-refractivity contribution in [3.8, 4) is 0 Å². The second-order valence-corrected chi connectivity index (χ2v) is 9.55. The lowest BCUT2D eigenvalue weighted by Crippen LogP contribution is -2.31. The van der Waals surface area contributed by atoms with Gasteiger partial charge in [0.1, 0.15) is 0 Å². The van der Waals surface area contributed by atoms with Gasteiger partial charge in [-0.2, -0.15) is 0 Å². The Bertz CT molecular complexity index is 1260. The molecule has 1 aromatic heterocycles. The van der Waals surface area contributed by atoms with Gasteiger partial charge >= 0.3 is 5.97 Å². The summed E-state index contributed by atoms with van der Waals surface area (Å²) in [7, 11) is 0. The number of Topliss-reactive ketones (excluding diaryl/α,β-unsaturated/α-hetero) is 1. The number of rotatable bonds is 7. The summed E-state index contributed by atoms with van der Waals surface area (Å²) in [5.74, 6) is -1.85. The summed E-state index contributed by atoms with van der Waals surface area (Å²) in [5, 5.41) is 12.6. The quantitative estimate of drug-likeness (QED) is 0.353. The van der Waals surface area contributed by atoms with Gasteiger partial charge < -0.3 is 9.84 Å². The van der Waals surface area contributed by atoms with Gasteiger partial charge in [0.25, 0.3) is 5.91 Å². The van der Waals surface area contributed by atoms with Crippen LogP contribution in [0, 0.1) is 12.8 Å². The number of ether oxygens (including phenoxy) is 1. The highest BCUT2D eigenvalue weighted by molar-refractivity contribution is 7.12. The van der Waals surface area contributed by atoms with Crippen molar-refractivity contribution in [1.29, 1.82) is 0 Å². The molecule has 6 nitrogen and oxygen atoms in total. The summed E-state index contributed by atoms with van der Waals surface area (Å²) in [6.07, 6.45) is 0. The Hall–Kier alpha value is -3.71. The van der Waals surface area contributed by atoms with Gasteiger partial charge in [0, 0.05) is 5.69 Å². The third-order valence-corrected chi connectivity index (χ3v) is 6.35. The maximum absolute atomic E-state index is 13.3. The Morgan fingerprint density at radius 3 is 2.44 bits per heavy atom. The maximum atomic E-state index is 13.3. The standard InChI is InChI=1S/C27H25NO5S/c1-16(2)15-33-27(32)18-9-11-20(12-10-18)28-23(19-7-4-6-17(3)14-19)22(25(30)26(28)31)24(29)21-8-5-13-34-21/h4-14,16,23,30H,15H2,1-3H3. The lowest BCUT2D eigenvalue weighted by Gasteiger charge is -2.27. The van der Waals surface area contributed by atoms with Crippen molar-refractivity contribution in [3.63, 3.8) is 0 Å². The summed E-state index contributed by atoms with van der Waals surface area (Å²) < 4.78 is 5.28. The van der Waals surface area contributed by atoms with Crippen LogP contribution in [0.5, 0.6) is 0 Å². The number of hydrogen-bond acceptors (Lipinski definition) is 6. The van der Waals surface area contributed by atoms with Gasteiger partial charge in [0.15, 0.2) is 5.76 Å². The zero-order valence-corrected chi connectivity index (χ0v) is 20.0. The van der Waals surface area contributed by atoms with Crippen LogP contribution in [-0.2, 0) is 9.53 Å². The van der Waals surface area contributed by atoms with E-state index >= 15 is 0 Å². The smallest absolute Gasteiger partial charge is 0.338 e. The molecule has 0 saturated carbocycles. The van der Waals surface area contributed by atoms with E-state index in [1.165, 1.54) is 16.2 Å². The first-order valence-corrected chi connectivity index (χ1v) is 11.8. The fourth-order valence-corrected chi connectivity index (χ4v) is 4.56. The van der Waals surface area contributed by atoms with E-state index in [1.807, 2.05) is 45.0 Å². The van der Waals surface area contributed by atoms with Crippen LogP contribution >= 0.6 is 11.3 Å². The summed E-state index contributed by atoms with van der Waals surface area (Å²) >= 11 is 1.25. The number of aliphatic hydroxyl groups is 1. The van der Waals surface area contributed by atoms with Gasteiger partial charge in [-0.3, -0.25) is 14.5 Å². The van der Waals surface area contributed by atoms with Crippen LogP contribution in [0.4, 0.5) is 5.69 Å². The third-order valence-electron chi connectivity index (χ3n) is 5.48. The summed E-state index contributed by atoms with van der Waals surface area (Å²) in [6, 6.07) is 16.5. The molecular weight excluding hydrogens is 450 g/mol. The Labute approximate surface area is 202 Å². The van der Waals surface area contributed by atoms with Crippen molar-refractivity contribution in [2.75, 3.05) is 11.5 Å². The average molecular weight is 476 g/mol. The summed E-state index contributed by atoms with van der Waals surface area (Å²) in [6.45, 7) is 6.14. The van der Waals surface area contributed by atoms with Crippen LogP contribution in [-0.4, -0.2) is 29.4 Å². The van der Waals surface area contributed by atoms with Crippen LogP contribution in [0.2, 0.25) is 0 Å². The predicted octanol–water partition coefficient (Wildman–Crippen LogP) is 5.65. The topological polar surface area (TPSA) is 83.9 Å². The van der Waals surface area contributed by atoms with Crippen molar-refractivity contribution in [2.24, 2.45) is 5.92 Å². The molecule has 34 heavy (non-hydrogen) atoms. The van der Waals surface area contributed by atoms with Crippen LogP contribution in [0.3, 0.4) is 0 Å². The molecule has 0 bridgehead atoms. The molecule has 1 N–H and O–H groups in total. The number of amides is 1. The fourth-order valence-electron chi connectivity index (χ4n) is 3.88. The fraction of sp³-hybridized carbons (Fsp3) is 0.222. The average Bonchev–Trinajstić information content (AvgIpc) is 3.45. The molecule has 0 aliphatic carbocycles. The first-order chi connectivity index (χ1) is 16.3. The molecule has 0 fully saturated rings. The summed E-state index contributed by atoms with van der Waals surface area (Å²) in [5.41, 5.74) is 2.52. The number of nitrogens with zero attached hydrogens (tertiary/aromatic N) is 1. The minimum Gasteiger partial charge on any atom is -0.503 e. The van der Waals surface area contributed by atoms with Crippen molar-refractivity contribution in [2.45, 2.75) is 26.8 Å². The number of ketones is 1. The van der Waals surface area contributed by atoms with E-state index in [0.717, 1.165) is 5.56 Å². The SMILES string of the molecule is Cc1cccc(C2C(C(=O)c3cccs3)=C(O)C(=O)N2c2ccc(C(=O)OCC(C)C)cc2)c1. The highest BCUT2D eigenvalue weighted by atomic mass is 32.1. The van der Waals surface area contributed by atoms with Crippen LogP contribution < -0.4 is 4.90 Å². The lowest BCUT2D eigenvalue weighted by molar-refractivity contribution is -0.117. The molecule has 1 aliphatic rings. The van der Waals surface area contributed by atoms with Crippen LogP contribution in [0.25, 0.3) is 0 Å². The maximum Gasteiger partial charge on any atom is 0.338 e. The molecule has 2 aromatic carbocycles. The first kappa shape index (κ1) is 23.4. The monoisotopic (exact) mass is 475 g/mol. The number of hydrogen-bond donors (Lipinski definition) is 1. The van der Waals surface area contributed by atoms with Gasteiger partial charge in [0.05, 0.1) is 28.7 Å². The highest BCUT2D eigenvalue weighted by Crippen LogP contribution is 2.42. The van der Waals surface area contributed by atoms with Crippen molar-refractivity contribution < 1.29 is 24.2 Å². The van der Waals surface area contributed by atoms with Crippen LogP contribution in [0.1, 0.15) is 51.0 Å². The Kier molecular flexibility index (Phi) is 6.65. The summed E-state index contributed by atoms with van der Waals surface area (Å²) in [4.78, 5) is 40.7. The molecule has 0 spiro atoms. The normalized spacial score (nSPS) is 15.8. The van der Waals surface area contributed by atoms with E-state index in [1.54, 1.807) is 41.8 Å². The number of anilines is 1. The van der Waals surface area contributed by atoms with Gasteiger partial charge in [-0.1, -0.05) is 49.7 Å². The zero-order valence-electron chi connectivity index (χ0n) is 19.1. The molecular formula is C27H25NO5S. The molecule has 4 rings (SSSR count). The minimum atomic E-state index is -0.805. The minimum absolute atomic E-state index is 0.0402. The molecule has 2 heterocycles. The molecule has 3 aromatic rings. The molecule has 7 heteroatoms. The molecule has 1 unspecified atom stereocenters. The number of carbonyl (C=O) groups excluding carboxylic acids is 3. The number of carbonyl (C=O) groups is 3. The molecule has 174 valence electrons. The van der Waals surface area contributed by atoms with Crippen LogP contribution in [0.15, 0.2) is 77.4 Å². The van der Waals surface area contributed by atoms with Crippen molar-refractivity contribution >= 4 is 34.7 Å². The van der Waals surface area contributed by atoms with E-state index in [-0.39, 0.29) is 17.3 Å². The number of esters is 1. The molecule has 0 radical (unpaired) electrons. The number of benzene rings is 2. The van der Waals surface area contributed by atoms with Crippen molar-refractivity contribution in [3.05, 3.63) is 98.9 Å². The van der Waals surface area contributed by atoms with Gasteiger partial charge in [-0.15, -0.1) is 11.3 Å². The predicted molar refractivity (Wildman–Crippen MR) is 131 cm³/mol. The first-order valence-electron chi connectivity index (χ1n) is 11.0. The lowest BCUT2D eigenvalue weighted by atomic mass is 9.94. The molecule has 1 atom stereocenters. The number of aryl methyl sites for hydroxylation is 1. The molecule has 1 aliphatic heterocycles. The zero-order chi connectivity index (χ0) is 24.4. The largest absolute Gasteiger partial charge is 0.503 e. The van der Waals surface area contributed by atoms with Gasteiger partial charge in [-0.25, -0.2) is 4.79 Å². The number of thiophene rings is 1. The van der Waals surface area contributed by atoms with Gasteiger partial charge in [0.2, 0.25) is 5.78 Å². The highest BCUT2D eigenvalue weighted by Gasteiger charge is 2.44. The van der Waals surface area contributed by atoms with E-state index in [2.05, 4.69) is 0 Å².